The van der Waals surface area contributed by atoms with Crippen molar-refractivity contribution in [3.63, 3.8) is 0 Å². The largest absolute Gasteiger partial charge is 0.494 e. The van der Waals surface area contributed by atoms with Crippen LogP contribution in [0.4, 0.5) is 10.2 Å². The predicted octanol–water partition coefficient (Wildman–Crippen LogP) is 2.67. The molecular weight excluding hydrogens is 397 g/mol. The maximum Gasteiger partial charge on any atom is 0.343 e. The van der Waals surface area contributed by atoms with Crippen molar-refractivity contribution < 1.29 is 33.5 Å². The third-order valence-electron chi connectivity index (χ3n) is 5.03. The maximum absolute atomic E-state index is 13.7. The van der Waals surface area contributed by atoms with Gasteiger partial charge in [0.2, 0.25) is 0 Å². The number of benzene rings is 1. The zero-order chi connectivity index (χ0) is 22.3. The standard InChI is InChI=1S/C19H24FN3O4.CH2O2/c1-22-8-6-12(7-9-22)11-23(2)18-16(19(24)25)17(27-21-18)13-4-5-14(20)15(10-13)26-3;2-1-3/h4-5,10,12H,6-9,11H2,1-3H3,(H,24,25);1H,(H,2,3). The summed E-state index contributed by atoms with van der Waals surface area (Å²) < 4.78 is 24.0. The Hall–Kier alpha value is -3.14. The molecule has 30 heavy (non-hydrogen) atoms. The molecule has 0 atom stereocenters. The van der Waals surface area contributed by atoms with Gasteiger partial charge in [0, 0.05) is 19.2 Å². The third kappa shape index (κ3) is 5.47. The van der Waals surface area contributed by atoms with E-state index in [-0.39, 0.29) is 29.4 Å². The minimum Gasteiger partial charge on any atom is -0.494 e. The molecule has 164 valence electrons. The summed E-state index contributed by atoms with van der Waals surface area (Å²) in [5, 5.41) is 20.6. The van der Waals surface area contributed by atoms with E-state index >= 15 is 0 Å². The maximum atomic E-state index is 13.7. The van der Waals surface area contributed by atoms with E-state index in [0.717, 1.165) is 25.9 Å². The quantitative estimate of drug-likeness (QED) is 0.676. The fourth-order valence-corrected chi connectivity index (χ4v) is 3.45. The van der Waals surface area contributed by atoms with Crippen LogP contribution in [0.2, 0.25) is 0 Å². The number of nitrogens with zero attached hydrogens (tertiary/aromatic N) is 3. The molecule has 1 aliphatic heterocycles. The van der Waals surface area contributed by atoms with Gasteiger partial charge < -0.3 is 29.3 Å². The number of carbonyl (C=O) groups is 2. The Labute approximate surface area is 173 Å². The van der Waals surface area contributed by atoms with Gasteiger partial charge in [-0.3, -0.25) is 4.79 Å². The number of aromatic carboxylic acids is 1. The van der Waals surface area contributed by atoms with E-state index in [1.165, 1.54) is 25.3 Å². The first-order chi connectivity index (χ1) is 14.3. The molecule has 1 aliphatic rings. The second-order valence-electron chi connectivity index (χ2n) is 7.10. The average molecular weight is 423 g/mol. The molecule has 0 radical (unpaired) electrons. The van der Waals surface area contributed by atoms with Gasteiger partial charge in [0.05, 0.1) is 7.11 Å². The second-order valence-corrected chi connectivity index (χ2v) is 7.10. The first-order valence-electron chi connectivity index (χ1n) is 9.36. The highest BCUT2D eigenvalue weighted by molar-refractivity contribution is 5.99. The van der Waals surface area contributed by atoms with Crippen LogP contribution in [-0.2, 0) is 4.79 Å². The average Bonchev–Trinajstić information content (AvgIpc) is 3.16. The van der Waals surface area contributed by atoms with Gasteiger partial charge in [-0.1, -0.05) is 5.16 Å². The molecule has 0 amide bonds. The summed E-state index contributed by atoms with van der Waals surface area (Å²) in [6.45, 7) is 2.51. The van der Waals surface area contributed by atoms with Crippen LogP contribution in [-0.4, -0.2) is 73.6 Å². The van der Waals surface area contributed by atoms with Gasteiger partial charge in [-0.05, 0) is 57.1 Å². The molecule has 0 spiro atoms. The van der Waals surface area contributed by atoms with Gasteiger partial charge in [-0.2, -0.15) is 0 Å². The highest BCUT2D eigenvalue weighted by atomic mass is 19.1. The summed E-state index contributed by atoms with van der Waals surface area (Å²) in [6.07, 6.45) is 2.12. The van der Waals surface area contributed by atoms with Crippen molar-refractivity contribution in [3.8, 4) is 17.1 Å². The van der Waals surface area contributed by atoms with Crippen LogP contribution in [0, 0.1) is 11.7 Å². The van der Waals surface area contributed by atoms with Gasteiger partial charge in [0.1, 0.15) is 0 Å². The number of anilines is 1. The number of aromatic nitrogens is 1. The first kappa shape index (κ1) is 23.1. The normalized spacial score (nSPS) is 14.5. The van der Waals surface area contributed by atoms with Gasteiger partial charge in [0.25, 0.3) is 6.47 Å². The van der Waals surface area contributed by atoms with Crippen molar-refractivity contribution >= 4 is 18.3 Å². The summed E-state index contributed by atoms with van der Waals surface area (Å²) in [6, 6.07) is 4.07. The van der Waals surface area contributed by atoms with Crippen molar-refractivity contribution in [2.24, 2.45) is 5.92 Å². The topological polar surface area (TPSA) is 116 Å². The minimum atomic E-state index is -1.14. The molecule has 1 aromatic heterocycles. The number of carboxylic acid groups (broad SMARTS) is 2. The molecule has 1 aromatic carbocycles. The Morgan fingerprint density at radius 3 is 2.63 bits per heavy atom. The van der Waals surface area contributed by atoms with E-state index in [2.05, 4.69) is 17.1 Å². The van der Waals surface area contributed by atoms with Crippen LogP contribution < -0.4 is 9.64 Å². The lowest BCUT2D eigenvalue weighted by Crippen LogP contribution is -2.36. The van der Waals surface area contributed by atoms with Crippen LogP contribution in [0.15, 0.2) is 22.7 Å². The number of methoxy groups -OCH3 is 1. The van der Waals surface area contributed by atoms with Crippen molar-refractivity contribution in [3.05, 3.63) is 29.6 Å². The molecular formula is C20H26FN3O6. The molecule has 0 saturated carbocycles. The lowest BCUT2D eigenvalue weighted by molar-refractivity contribution is -0.122. The second kappa shape index (κ2) is 10.6. The molecule has 1 fully saturated rings. The van der Waals surface area contributed by atoms with Crippen molar-refractivity contribution in [2.45, 2.75) is 12.8 Å². The number of likely N-dealkylation sites (tertiary alicyclic amines) is 1. The van der Waals surface area contributed by atoms with E-state index in [4.69, 9.17) is 19.2 Å². The van der Waals surface area contributed by atoms with Crippen LogP contribution in [0.1, 0.15) is 23.2 Å². The zero-order valence-electron chi connectivity index (χ0n) is 17.2. The van der Waals surface area contributed by atoms with E-state index in [1.807, 2.05) is 11.9 Å². The number of hydrogen-bond acceptors (Lipinski definition) is 7. The SMILES string of the molecule is COc1cc(-c2onc(N(C)CC3CCN(C)CC3)c2C(=O)O)ccc1F.O=CO. The van der Waals surface area contributed by atoms with Crippen LogP contribution in [0.3, 0.4) is 0 Å². The van der Waals surface area contributed by atoms with E-state index in [1.54, 1.807) is 0 Å². The minimum absolute atomic E-state index is 0.0152. The highest BCUT2D eigenvalue weighted by Crippen LogP contribution is 2.34. The predicted molar refractivity (Wildman–Crippen MR) is 108 cm³/mol. The van der Waals surface area contributed by atoms with Crippen molar-refractivity contribution in [1.29, 1.82) is 0 Å². The van der Waals surface area contributed by atoms with E-state index < -0.39 is 11.8 Å². The Balaban J connectivity index is 0.00000101. The summed E-state index contributed by atoms with van der Waals surface area (Å²) >= 11 is 0. The van der Waals surface area contributed by atoms with Crippen molar-refractivity contribution in [1.82, 2.24) is 10.1 Å². The monoisotopic (exact) mass is 423 g/mol. The Morgan fingerprint density at radius 1 is 1.43 bits per heavy atom. The molecule has 3 rings (SSSR count). The number of piperidine rings is 1. The molecule has 9 nitrogen and oxygen atoms in total. The zero-order valence-corrected chi connectivity index (χ0v) is 17.2. The Bertz CT molecular complexity index is 864. The van der Waals surface area contributed by atoms with E-state index in [9.17, 15) is 14.3 Å². The molecule has 0 unspecified atom stereocenters. The fraction of sp³-hybridized carbons (Fsp3) is 0.450. The number of carboxylic acids is 1. The van der Waals surface area contributed by atoms with Gasteiger partial charge in [0.15, 0.2) is 28.7 Å². The summed E-state index contributed by atoms with van der Waals surface area (Å²) in [7, 11) is 5.27. The fourth-order valence-electron chi connectivity index (χ4n) is 3.45. The van der Waals surface area contributed by atoms with Gasteiger partial charge in [-0.15, -0.1) is 0 Å². The molecule has 2 heterocycles. The summed E-state index contributed by atoms with van der Waals surface area (Å²) in [4.78, 5) is 24.4. The molecule has 0 bridgehead atoms. The number of ether oxygens (including phenoxy) is 1. The highest BCUT2D eigenvalue weighted by Gasteiger charge is 2.28. The first-order valence-corrected chi connectivity index (χ1v) is 9.36. The van der Waals surface area contributed by atoms with Crippen molar-refractivity contribution in [2.75, 3.05) is 45.7 Å². The third-order valence-corrected chi connectivity index (χ3v) is 5.03. The molecule has 2 N–H and O–H groups in total. The molecule has 10 heteroatoms. The summed E-state index contributed by atoms with van der Waals surface area (Å²) in [5.41, 5.74) is 0.371. The van der Waals surface area contributed by atoms with Crippen LogP contribution in [0.5, 0.6) is 5.75 Å². The van der Waals surface area contributed by atoms with E-state index in [0.29, 0.717) is 18.0 Å². The number of rotatable bonds is 6. The number of halogens is 1. The molecule has 2 aromatic rings. The smallest absolute Gasteiger partial charge is 0.343 e. The molecule has 1 saturated heterocycles. The summed E-state index contributed by atoms with van der Waals surface area (Å²) in [5.74, 6) is -0.817. The molecule has 0 aliphatic carbocycles. The van der Waals surface area contributed by atoms with Crippen LogP contribution in [0.25, 0.3) is 11.3 Å². The van der Waals surface area contributed by atoms with Gasteiger partial charge in [-0.25, -0.2) is 9.18 Å². The Morgan fingerprint density at radius 2 is 2.07 bits per heavy atom. The van der Waals surface area contributed by atoms with Gasteiger partial charge >= 0.3 is 5.97 Å². The lowest BCUT2D eigenvalue weighted by Gasteiger charge is -2.31. The lowest BCUT2D eigenvalue weighted by atomic mass is 9.96. The number of hydrogen-bond donors (Lipinski definition) is 2. The Kier molecular flexibility index (Phi) is 8.16. The van der Waals surface area contributed by atoms with Crippen LogP contribution >= 0.6 is 0 Å².